The number of nitrogens with zero attached hydrogens (tertiary/aromatic N) is 1. The Labute approximate surface area is 119 Å². The first-order valence-electron chi connectivity index (χ1n) is 6.66. The maximum Gasteiger partial charge on any atom is 0.222 e. The van der Waals surface area contributed by atoms with Crippen molar-refractivity contribution in [3.8, 4) is 0 Å². The fraction of sp³-hybridized carbons (Fsp3) is 0.250. The highest BCUT2D eigenvalue weighted by atomic mass is 16.1. The van der Waals surface area contributed by atoms with E-state index in [9.17, 15) is 4.79 Å². The van der Waals surface area contributed by atoms with Crippen LogP contribution in [0, 0.1) is 0 Å². The van der Waals surface area contributed by atoms with Crippen LogP contribution in [0.15, 0.2) is 54.9 Å². The molecule has 1 aromatic heterocycles. The Kier molecular flexibility index (Phi) is 4.85. The first kappa shape index (κ1) is 14.2. The number of nitrogens with one attached hydrogen (secondary N) is 1. The molecule has 1 amide bonds. The molecule has 3 N–H and O–H groups in total. The van der Waals surface area contributed by atoms with E-state index in [0.717, 1.165) is 11.1 Å². The number of aromatic nitrogens is 1. The van der Waals surface area contributed by atoms with Crippen molar-refractivity contribution in [1.82, 2.24) is 10.3 Å². The zero-order valence-corrected chi connectivity index (χ0v) is 11.5. The fourth-order valence-electron chi connectivity index (χ4n) is 2.05. The number of nitrogens with two attached hydrogens (primary N) is 1. The van der Waals surface area contributed by atoms with Crippen molar-refractivity contribution in [2.75, 3.05) is 0 Å². The van der Waals surface area contributed by atoms with Crippen LogP contribution < -0.4 is 11.1 Å². The Balaban J connectivity index is 1.90. The van der Waals surface area contributed by atoms with Crippen LogP contribution in [0.1, 0.15) is 36.6 Å². The molecule has 0 radical (unpaired) electrons. The van der Waals surface area contributed by atoms with E-state index < -0.39 is 0 Å². The average molecular weight is 269 g/mol. The molecule has 0 bridgehead atoms. The van der Waals surface area contributed by atoms with Crippen LogP contribution in [0.5, 0.6) is 0 Å². The largest absolute Gasteiger partial charge is 0.350 e. The molecule has 4 nitrogen and oxygen atoms in total. The second-order valence-electron chi connectivity index (χ2n) is 4.79. The quantitative estimate of drug-likeness (QED) is 0.875. The van der Waals surface area contributed by atoms with E-state index in [-0.39, 0.29) is 24.4 Å². The molecular formula is C16H19N3O. The summed E-state index contributed by atoms with van der Waals surface area (Å²) < 4.78 is 0. The topological polar surface area (TPSA) is 68.0 Å². The van der Waals surface area contributed by atoms with Crippen LogP contribution in [0.2, 0.25) is 0 Å². The van der Waals surface area contributed by atoms with E-state index >= 15 is 0 Å². The molecule has 104 valence electrons. The molecule has 0 saturated carbocycles. The number of hydrogen-bond acceptors (Lipinski definition) is 3. The van der Waals surface area contributed by atoms with Crippen molar-refractivity contribution in [2.24, 2.45) is 5.73 Å². The van der Waals surface area contributed by atoms with Gasteiger partial charge in [0.05, 0.1) is 6.04 Å². The predicted octanol–water partition coefficient (Wildman–Crippen LogP) is 2.35. The number of rotatable bonds is 5. The van der Waals surface area contributed by atoms with Gasteiger partial charge in [-0.3, -0.25) is 9.78 Å². The summed E-state index contributed by atoms with van der Waals surface area (Å²) in [5.74, 6) is -0.0503. The van der Waals surface area contributed by atoms with E-state index in [1.54, 1.807) is 12.4 Å². The number of benzene rings is 1. The standard InChI is InChI=1S/C16H19N3O/c1-12(13-7-9-18-10-8-13)19-16(20)11-15(17)14-5-3-2-4-6-14/h2-10,12,15H,11,17H2,1H3,(H,19,20)/t12-,15?/m1/s1. The molecule has 4 heteroatoms. The van der Waals surface area contributed by atoms with Crippen LogP contribution in [0.4, 0.5) is 0 Å². The van der Waals surface area contributed by atoms with Crippen molar-refractivity contribution in [3.63, 3.8) is 0 Å². The summed E-state index contributed by atoms with van der Waals surface area (Å²) >= 11 is 0. The Morgan fingerprint density at radius 2 is 1.80 bits per heavy atom. The van der Waals surface area contributed by atoms with Crippen molar-refractivity contribution >= 4 is 5.91 Å². The molecule has 0 fully saturated rings. The minimum Gasteiger partial charge on any atom is -0.350 e. The highest BCUT2D eigenvalue weighted by Crippen LogP contribution is 2.15. The fourth-order valence-corrected chi connectivity index (χ4v) is 2.05. The molecule has 2 aromatic rings. The van der Waals surface area contributed by atoms with Gasteiger partial charge in [0, 0.05) is 24.9 Å². The van der Waals surface area contributed by atoms with E-state index in [0.29, 0.717) is 0 Å². The van der Waals surface area contributed by atoms with Gasteiger partial charge in [-0.15, -0.1) is 0 Å². The molecule has 0 aliphatic rings. The molecule has 2 atom stereocenters. The van der Waals surface area contributed by atoms with E-state index in [4.69, 9.17) is 5.73 Å². The molecular weight excluding hydrogens is 250 g/mol. The maximum absolute atomic E-state index is 12.0. The van der Waals surface area contributed by atoms with Gasteiger partial charge < -0.3 is 11.1 Å². The second-order valence-corrected chi connectivity index (χ2v) is 4.79. The Morgan fingerprint density at radius 3 is 2.45 bits per heavy atom. The minimum atomic E-state index is -0.277. The second kappa shape index (κ2) is 6.82. The summed E-state index contributed by atoms with van der Waals surface area (Å²) in [5, 5.41) is 2.95. The van der Waals surface area contributed by atoms with Crippen LogP contribution in [-0.4, -0.2) is 10.9 Å². The molecule has 1 aromatic carbocycles. The van der Waals surface area contributed by atoms with Gasteiger partial charge in [-0.1, -0.05) is 30.3 Å². The molecule has 1 heterocycles. The number of carbonyl (C=O) groups excluding carboxylic acids is 1. The van der Waals surface area contributed by atoms with Crippen molar-refractivity contribution in [3.05, 3.63) is 66.0 Å². The van der Waals surface area contributed by atoms with Crippen molar-refractivity contribution < 1.29 is 4.79 Å². The van der Waals surface area contributed by atoms with E-state index in [1.807, 2.05) is 49.4 Å². The molecule has 0 spiro atoms. The number of amides is 1. The third kappa shape index (κ3) is 3.90. The minimum absolute atomic E-state index is 0.0477. The predicted molar refractivity (Wildman–Crippen MR) is 78.8 cm³/mol. The molecule has 0 aliphatic heterocycles. The molecule has 2 rings (SSSR count). The lowest BCUT2D eigenvalue weighted by Gasteiger charge is -2.16. The van der Waals surface area contributed by atoms with Crippen LogP contribution >= 0.6 is 0 Å². The monoisotopic (exact) mass is 269 g/mol. The van der Waals surface area contributed by atoms with Gasteiger partial charge in [-0.25, -0.2) is 0 Å². The van der Waals surface area contributed by atoms with E-state index in [2.05, 4.69) is 10.3 Å². The summed E-state index contributed by atoms with van der Waals surface area (Å²) in [6.07, 6.45) is 3.71. The lowest BCUT2D eigenvalue weighted by Crippen LogP contribution is -2.29. The van der Waals surface area contributed by atoms with Gasteiger partial charge in [0.25, 0.3) is 0 Å². The van der Waals surface area contributed by atoms with Gasteiger partial charge in [0.2, 0.25) is 5.91 Å². The molecule has 0 saturated heterocycles. The summed E-state index contributed by atoms with van der Waals surface area (Å²) in [5.41, 5.74) is 8.04. The summed E-state index contributed by atoms with van der Waals surface area (Å²) in [6, 6.07) is 13.1. The Bertz CT molecular complexity index is 493. The normalized spacial score (nSPS) is 13.5. The third-order valence-electron chi connectivity index (χ3n) is 3.22. The average Bonchev–Trinajstić information content (AvgIpc) is 2.49. The van der Waals surface area contributed by atoms with Gasteiger partial charge >= 0.3 is 0 Å². The molecule has 20 heavy (non-hydrogen) atoms. The Hall–Kier alpha value is -2.20. The first-order valence-corrected chi connectivity index (χ1v) is 6.66. The summed E-state index contributed by atoms with van der Waals surface area (Å²) in [7, 11) is 0. The van der Waals surface area contributed by atoms with Gasteiger partial charge in [0.15, 0.2) is 0 Å². The van der Waals surface area contributed by atoms with Crippen LogP contribution in [-0.2, 0) is 4.79 Å². The highest BCUT2D eigenvalue weighted by molar-refractivity contribution is 5.77. The first-order chi connectivity index (χ1) is 9.66. The SMILES string of the molecule is C[C@@H](NC(=O)CC(N)c1ccccc1)c1ccncc1. The smallest absolute Gasteiger partial charge is 0.222 e. The van der Waals surface area contributed by atoms with Crippen LogP contribution in [0.25, 0.3) is 0 Å². The summed E-state index contributed by atoms with van der Waals surface area (Å²) in [6.45, 7) is 1.95. The maximum atomic E-state index is 12.0. The molecule has 0 aliphatic carbocycles. The zero-order chi connectivity index (χ0) is 14.4. The summed E-state index contributed by atoms with van der Waals surface area (Å²) in [4.78, 5) is 16.0. The third-order valence-corrected chi connectivity index (χ3v) is 3.22. The van der Waals surface area contributed by atoms with Gasteiger partial charge in [0.1, 0.15) is 0 Å². The number of pyridine rings is 1. The van der Waals surface area contributed by atoms with Crippen molar-refractivity contribution in [1.29, 1.82) is 0 Å². The highest BCUT2D eigenvalue weighted by Gasteiger charge is 2.14. The van der Waals surface area contributed by atoms with Crippen molar-refractivity contribution in [2.45, 2.75) is 25.4 Å². The zero-order valence-electron chi connectivity index (χ0n) is 11.5. The molecule has 1 unspecified atom stereocenters. The van der Waals surface area contributed by atoms with Gasteiger partial charge in [-0.05, 0) is 30.2 Å². The van der Waals surface area contributed by atoms with E-state index in [1.165, 1.54) is 0 Å². The lowest BCUT2D eigenvalue weighted by molar-refractivity contribution is -0.122. The number of hydrogen-bond donors (Lipinski definition) is 2. The Morgan fingerprint density at radius 1 is 1.15 bits per heavy atom. The van der Waals surface area contributed by atoms with Gasteiger partial charge in [-0.2, -0.15) is 0 Å². The number of carbonyl (C=O) groups is 1. The van der Waals surface area contributed by atoms with Crippen LogP contribution in [0.3, 0.4) is 0 Å². The lowest BCUT2D eigenvalue weighted by atomic mass is 10.0.